The largest absolute Gasteiger partial charge is 0.357 e. The molecule has 8 heteroatoms. The van der Waals surface area contributed by atoms with Crippen molar-refractivity contribution in [2.45, 2.75) is 46.2 Å². The van der Waals surface area contributed by atoms with Gasteiger partial charge in [0.2, 0.25) is 0 Å². The Balaban J connectivity index is 1.54. The molecule has 0 atom stereocenters. The minimum absolute atomic E-state index is 0.554. The summed E-state index contributed by atoms with van der Waals surface area (Å²) in [5.41, 5.74) is 1.13. The molecule has 124 valence electrons. The molecule has 0 spiro atoms. The fraction of sp³-hybridized carbons (Fsp3) is 0.600. The third kappa shape index (κ3) is 4.07. The maximum absolute atomic E-state index is 4.62. The van der Waals surface area contributed by atoms with Gasteiger partial charge in [-0.2, -0.15) is 0 Å². The van der Waals surface area contributed by atoms with E-state index in [-0.39, 0.29) is 0 Å². The lowest BCUT2D eigenvalue weighted by Crippen LogP contribution is -2.38. The number of nitrogens with zero attached hydrogens (tertiary/aromatic N) is 5. The van der Waals surface area contributed by atoms with Crippen LogP contribution < -0.4 is 10.6 Å². The van der Waals surface area contributed by atoms with E-state index in [1.54, 1.807) is 11.3 Å². The molecule has 7 nitrogen and oxygen atoms in total. The Morgan fingerprint density at radius 2 is 2.30 bits per heavy atom. The number of rotatable bonds is 6. The number of thiazole rings is 1. The van der Waals surface area contributed by atoms with Crippen molar-refractivity contribution in [2.75, 3.05) is 13.1 Å². The lowest BCUT2D eigenvalue weighted by Gasteiger charge is -2.10. The Kier molecular flexibility index (Phi) is 5.22. The van der Waals surface area contributed by atoms with Crippen LogP contribution in [0.5, 0.6) is 0 Å². The first-order valence-corrected chi connectivity index (χ1v) is 8.98. The molecule has 2 aromatic heterocycles. The number of aromatic nitrogens is 4. The molecule has 2 aromatic rings. The van der Waals surface area contributed by atoms with Crippen LogP contribution in [-0.4, -0.2) is 38.8 Å². The highest BCUT2D eigenvalue weighted by molar-refractivity contribution is 7.09. The van der Waals surface area contributed by atoms with Crippen molar-refractivity contribution in [2.24, 2.45) is 4.99 Å². The SMILES string of the molecule is CCNC(=NCc1nnc2n1CCC2)NCCc1csc(C)n1. The quantitative estimate of drug-likeness (QED) is 0.615. The number of hydrogen-bond donors (Lipinski definition) is 2. The van der Waals surface area contributed by atoms with E-state index in [2.05, 4.69) is 47.7 Å². The lowest BCUT2D eigenvalue weighted by atomic mass is 10.3. The molecule has 0 radical (unpaired) electrons. The summed E-state index contributed by atoms with van der Waals surface area (Å²) in [6.07, 6.45) is 3.09. The Bertz CT molecular complexity index is 673. The smallest absolute Gasteiger partial charge is 0.191 e. The second kappa shape index (κ2) is 7.54. The van der Waals surface area contributed by atoms with E-state index in [0.29, 0.717) is 6.54 Å². The molecule has 2 N–H and O–H groups in total. The van der Waals surface area contributed by atoms with Gasteiger partial charge in [0.15, 0.2) is 11.8 Å². The summed E-state index contributed by atoms with van der Waals surface area (Å²) >= 11 is 1.69. The number of fused-ring (bicyclic) bond motifs is 1. The summed E-state index contributed by atoms with van der Waals surface area (Å²) in [5.74, 6) is 2.85. The van der Waals surface area contributed by atoms with E-state index in [4.69, 9.17) is 0 Å². The van der Waals surface area contributed by atoms with Crippen molar-refractivity contribution < 1.29 is 0 Å². The summed E-state index contributed by atoms with van der Waals surface area (Å²) in [6, 6.07) is 0. The minimum Gasteiger partial charge on any atom is -0.357 e. The van der Waals surface area contributed by atoms with Gasteiger partial charge in [-0.25, -0.2) is 9.98 Å². The average molecular weight is 333 g/mol. The van der Waals surface area contributed by atoms with Gasteiger partial charge in [-0.05, 0) is 20.3 Å². The fourth-order valence-electron chi connectivity index (χ4n) is 2.65. The minimum atomic E-state index is 0.554. The predicted octanol–water partition coefficient (Wildman–Crippen LogP) is 1.29. The normalized spacial score (nSPS) is 14.1. The molecule has 3 heterocycles. The zero-order chi connectivity index (χ0) is 16.1. The summed E-state index contributed by atoms with van der Waals surface area (Å²) in [4.78, 5) is 9.10. The number of guanidine groups is 1. The standard InChI is InChI=1S/C15H23N7S/c1-3-16-15(17-7-6-12-10-23-11(2)19-12)18-9-14-21-20-13-5-4-8-22(13)14/h10H,3-9H2,1-2H3,(H2,16,17,18). The third-order valence-electron chi connectivity index (χ3n) is 3.75. The molecule has 1 aliphatic heterocycles. The van der Waals surface area contributed by atoms with Crippen molar-refractivity contribution in [1.82, 2.24) is 30.4 Å². The molecule has 0 bridgehead atoms. The first kappa shape index (κ1) is 15.9. The fourth-order valence-corrected chi connectivity index (χ4v) is 3.30. The van der Waals surface area contributed by atoms with E-state index in [1.165, 1.54) is 0 Å². The van der Waals surface area contributed by atoms with Gasteiger partial charge in [-0.3, -0.25) is 0 Å². The van der Waals surface area contributed by atoms with Gasteiger partial charge in [0.05, 0.1) is 10.7 Å². The van der Waals surface area contributed by atoms with Crippen molar-refractivity contribution in [3.63, 3.8) is 0 Å². The Morgan fingerprint density at radius 3 is 3.09 bits per heavy atom. The summed E-state index contributed by atoms with van der Waals surface area (Å²) < 4.78 is 2.19. The van der Waals surface area contributed by atoms with Gasteiger partial charge in [0.1, 0.15) is 12.4 Å². The lowest BCUT2D eigenvalue weighted by molar-refractivity contribution is 0.684. The molecule has 0 fully saturated rings. The van der Waals surface area contributed by atoms with Gasteiger partial charge in [0, 0.05) is 37.9 Å². The van der Waals surface area contributed by atoms with Crippen LogP contribution in [0.25, 0.3) is 0 Å². The number of aryl methyl sites for hydroxylation is 2. The van der Waals surface area contributed by atoms with Crippen LogP contribution in [0.3, 0.4) is 0 Å². The van der Waals surface area contributed by atoms with Gasteiger partial charge in [0.25, 0.3) is 0 Å². The van der Waals surface area contributed by atoms with E-state index in [0.717, 1.165) is 67.2 Å². The number of hydrogen-bond acceptors (Lipinski definition) is 5. The van der Waals surface area contributed by atoms with Crippen LogP contribution in [0, 0.1) is 6.92 Å². The molecule has 23 heavy (non-hydrogen) atoms. The third-order valence-corrected chi connectivity index (χ3v) is 4.57. The molecule has 0 saturated heterocycles. The van der Waals surface area contributed by atoms with Crippen molar-refractivity contribution in [1.29, 1.82) is 0 Å². The van der Waals surface area contributed by atoms with E-state index in [9.17, 15) is 0 Å². The molecule has 1 aliphatic rings. The predicted molar refractivity (Wildman–Crippen MR) is 91.7 cm³/mol. The molecule has 0 saturated carbocycles. The Labute approximate surface area is 140 Å². The highest BCUT2D eigenvalue weighted by Gasteiger charge is 2.16. The molecular formula is C15H23N7S. The number of nitrogens with one attached hydrogen (secondary N) is 2. The highest BCUT2D eigenvalue weighted by Crippen LogP contribution is 2.14. The van der Waals surface area contributed by atoms with Crippen molar-refractivity contribution in [3.8, 4) is 0 Å². The van der Waals surface area contributed by atoms with Gasteiger partial charge in [-0.15, -0.1) is 21.5 Å². The Hall–Kier alpha value is -1.96. The van der Waals surface area contributed by atoms with Crippen LogP contribution in [0.15, 0.2) is 10.4 Å². The van der Waals surface area contributed by atoms with Crippen LogP contribution in [0.1, 0.15) is 35.7 Å². The van der Waals surface area contributed by atoms with Crippen LogP contribution >= 0.6 is 11.3 Å². The first-order chi connectivity index (χ1) is 11.3. The molecule has 3 rings (SSSR count). The van der Waals surface area contributed by atoms with E-state index < -0.39 is 0 Å². The summed E-state index contributed by atoms with van der Waals surface area (Å²) in [6.45, 7) is 7.31. The van der Waals surface area contributed by atoms with Gasteiger partial charge >= 0.3 is 0 Å². The molecule has 0 unspecified atom stereocenters. The summed E-state index contributed by atoms with van der Waals surface area (Å²) in [7, 11) is 0. The second-order valence-electron chi connectivity index (χ2n) is 5.52. The van der Waals surface area contributed by atoms with E-state index in [1.807, 2.05) is 6.92 Å². The van der Waals surface area contributed by atoms with Crippen molar-refractivity contribution in [3.05, 3.63) is 27.7 Å². The van der Waals surface area contributed by atoms with Crippen LogP contribution in [-0.2, 0) is 25.9 Å². The highest BCUT2D eigenvalue weighted by atomic mass is 32.1. The maximum atomic E-state index is 4.62. The second-order valence-corrected chi connectivity index (χ2v) is 6.58. The molecule has 0 aliphatic carbocycles. The zero-order valence-corrected chi connectivity index (χ0v) is 14.5. The Morgan fingerprint density at radius 1 is 1.39 bits per heavy atom. The van der Waals surface area contributed by atoms with Crippen LogP contribution in [0.4, 0.5) is 0 Å². The molecule has 0 aromatic carbocycles. The molecule has 0 amide bonds. The molecular weight excluding hydrogens is 310 g/mol. The van der Waals surface area contributed by atoms with Crippen LogP contribution in [0.2, 0.25) is 0 Å². The van der Waals surface area contributed by atoms with E-state index >= 15 is 0 Å². The summed E-state index contributed by atoms with van der Waals surface area (Å²) in [5, 5.41) is 18.3. The van der Waals surface area contributed by atoms with Crippen molar-refractivity contribution >= 4 is 17.3 Å². The zero-order valence-electron chi connectivity index (χ0n) is 13.7. The monoisotopic (exact) mass is 333 g/mol. The average Bonchev–Trinajstić information content (AvgIpc) is 3.22. The maximum Gasteiger partial charge on any atom is 0.191 e. The van der Waals surface area contributed by atoms with Gasteiger partial charge in [-0.1, -0.05) is 0 Å². The van der Waals surface area contributed by atoms with Gasteiger partial charge < -0.3 is 15.2 Å². The first-order valence-electron chi connectivity index (χ1n) is 8.10. The topological polar surface area (TPSA) is 80.0 Å². The number of aliphatic imine (C=N–C) groups is 1.